The molecule has 0 bridgehead atoms. The lowest BCUT2D eigenvalue weighted by atomic mass is 10.1. The van der Waals surface area contributed by atoms with Crippen LogP contribution in [0.3, 0.4) is 0 Å². The Morgan fingerprint density at radius 2 is 2.16 bits per heavy atom. The van der Waals surface area contributed by atoms with Crippen LogP contribution in [0.25, 0.3) is 0 Å². The first kappa shape index (κ1) is 14.7. The van der Waals surface area contributed by atoms with Gasteiger partial charge in [0.2, 0.25) is 5.89 Å². The van der Waals surface area contributed by atoms with Crippen LogP contribution in [0, 0.1) is 0 Å². The second-order valence-electron chi connectivity index (χ2n) is 5.97. The van der Waals surface area contributed by atoms with Crippen molar-refractivity contribution in [1.29, 1.82) is 0 Å². The molecule has 1 aliphatic heterocycles. The highest BCUT2D eigenvalue weighted by Gasteiger charge is 2.15. The Kier molecular flexibility index (Phi) is 5.10. The Hall–Kier alpha value is -0.750. The van der Waals surface area contributed by atoms with Crippen LogP contribution < -0.4 is 10.6 Å². The van der Waals surface area contributed by atoms with Crippen molar-refractivity contribution in [2.75, 3.05) is 17.6 Å². The molecule has 108 valence electrons. The van der Waals surface area contributed by atoms with Crippen molar-refractivity contribution in [2.24, 2.45) is 0 Å². The van der Waals surface area contributed by atoms with Crippen molar-refractivity contribution < 1.29 is 4.42 Å². The summed E-state index contributed by atoms with van der Waals surface area (Å²) in [6.45, 7) is 7.86. The summed E-state index contributed by atoms with van der Waals surface area (Å²) in [5.74, 6) is 1.91. The molecule has 0 aliphatic carbocycles. The molecule has 1 fully saturated rings. The molecule has 1 aliphatic rings. The largest absolute Gasteiger partial charge is 0.407 e. The minimum atomic E-state index is 0.0563. The first-order chi connectivity index (χ1) is 9.03. The van der Waals surface area contributed by atoms with Gasteiger partial charge < -0.3 is 15.1 Å². The Morgan fingerprint density at radius 3 is 2.84 bits per heavy atom. The summed E-state index contributed by atoms with van der Waals surface area (Å²) in [6.07, 6.45) is 3.97. The van der Waals surface area contributed by atoms with Crippen LogP contribution in [-0.4, -0.2) is 33.3 Å². The predicted octanol–water partition coefficient (Wildman–Crippen LogP) is 2.66. The van der Waals surface area contributed by atoms with Gasteiger partial charge in [0.25, 0.3) is 0 Å². The third-order valence-electron chi connectivity index (χ3n) is 2.99. The van der Waals surface area contributed by atoms with Gasteiger partial charge in [-0.1, -0.05) is 11.5 Å². The minimum Gasteiger partial charge on any atom is -0.407 e. The van der Waals surface area contributed by atoms with Gasteiger partial charge in [-0.25, -0.2) is 0 Å². The maximum absolute atomic E-state index is 5.57. The van der Waals surface area contributed by atoms with E-state index in [4.69, 9.17) is 4.42 Å². The molecule has 5 nitrogen and oxygen atoms in total. The zero-order valence-corrected chi connectivity index (χ0v) is 12.8. The number of hydrogen-bond acceptors (Lipinski definition) is 6. The number of nitrogens with zero attached hydrogens (tertiary/aromatic N) is 2. The third kappa shape index (κ3) is 5.40. The van der Waals surface area contributed by atoms with Gasteiger partial charge in [0.15, 0.2) is 0 Å². The molecule has 1 aromatic rings. The van der Waals surface area contributed by atoms with Crippen molar-refractivity contribution in [3.05, 3.63) is 5.89 Å². The van der Waals surface area contributed by atoms with Crippen LogP contribution in [0.15, 0.2) is 4.42 Å². The molecule has 0 spiro atoms. The lowest BCUT2D eigenvalue weighted by Gasteiger charge is -2.20. The Morgan fingerprint density at radius 1 is 1.32 bits per heavy atom. The van der Waals surface area contributed by atoms with Crippen LogP contribution in [0.4, 0.5) is 6.01 Å². The topological polar surface area (TPSA) is 63.0 Å². The van der Waals surface area contributed by atoms with E-state index in [2.05, 4.69) is 41.6 Å². The standard InChI is InChI=1S/C13H24N4OS/c1-13(2,3)15-9-11-16-17-12(18-11)14-8-10-6-4-5-7-19-10/h10,15H,4-9H2,1-3H3,(H,14,17). The highest BCUT2D eigenvalue weighted by molar-refractivity contribution is 7.99. The van der Waals surface area contributed by atoms with Crippen LogP contribution >= 0.6 is 11.8 Å². The molecule has 0 aromatic carbocycles. The maximum Gasteiger partial charge on any atom is 0.315 e. The van der Waals surface area contributed by atoms with Crippen LogP contribution in [-0.2, 0) is 6.54 Å². The number of anilines is 1. The van der Waals surface area contributed by atoms with E-state index in [0.29, 0.717) is 23.7 Å². The molecule has 0 radical (unpaired) electrons. The Bertz CT molecular complexity index is 382. The third-order valence-corrected chi connectivity index (χ3v) is 4.39. The van der Waals surface area contributed by atoms with Crippen molar-refractivity contribution in [3.8, 4) is 0 Å². The normalized spacial score (nSPS) is 20.5. The molecule has 6 heteroatoms. The molecular weight excluding hydrogens is 260 g/mol. The summed E-state index contributed by atoms with van der Waals surface area (Å²) in [5.41, 5.74) is 0.0563. The van der Waals surface area contributed by atoms with E-state index >= 15 is 0 Å². The molecule has 2 rings (SSSR count). The molecule has 2 N–H and O–H groups in total. The van der Waals surface area contributed by atoms with E-state index < -0.39 is 0 Å². The molecule has 2 heterocycles. The number of rotatable bonds is 5. The van der Waals surface area contributed by atoms with E-state index in [0.717, 1.165) is 6.54 Å². The molecule has 1 saturated heterocycles. The Balaban J connectivity index is 1.74. The average Bonchev–Trinajstić information content (AvgIpc) is 2.82. The van der Waals surface area contributed by atoms with Gasteiger partial charge in [-0.2, -0.15) is 11.8 Å². The molecule has 0 amide bonds. The fraction of sp³-hybridized carbons (Fsp3) is 0.846. The smallest absolute Gasteiger partial charge is 0.315 e. The second-order valence-corrected chi connectivity index (χ2v) is 7.38. The zero-order valence-electron chi connectivity index (χ0n) is 12.0. The molecular formula is C13H24N4OS. The first-order valence-corrected chi connectivity index (χ1v) is 8.01. The summed E-state index contributed by atoms with van der Waals surface area (Å²) >= 11 is 2.04. The molecule has 1 aromatic heterocycles. The summed E-state index contributed by atoms with van der Waals surface area (Å²) < 4.78 is 5.57. The van der Waals surface area contributed by atoms with Gasteiger partial charge in [0.1, 0.15) is 0 Å². The van der Waals surface area contributed by atoms with Gasteiger partial charge >= 0.3 is 6.01 Å². The number of hydrogen-bond donors (Lipinski definition) is 2. The fourth-order valence-electron chi connectivity index (χ4n) is 1.91. The number of thioether (sulfide) groups is 1. The van der Waals surface area contributed by atoms with Crippen molar-refractivity contribution in [3.63, 3.8) is 0 Å². The van der Waals surface area contributed by atoms with Crippen LogP contribution in [0.1, 0.15) is 45.9 Å². The highest BCUT2D eigenvalue weighted by Crippen LogP contribution is 2.25. The Labute approximate surface area is 119 Å². The van der Waals surface area contributed by atoms with E-state index in [-0.39, 0.29) is 5.54 Å². The zero-order chi connectivity index (χ0) is 13.7. The van der Waals surface area contributed by atoms with Crippen molar-refractivity contribution in [1.82, 2.24) is 15.5 Å². The van der Waals surface area contributed by atoms with Gasteiger partial charge in [-0.15, -0.1) is 5.10 Å². The maximum atomic E-state index is 5.57. The lowest BCUT2D eigenvalue weighted by Crippen LogP contribution is -2.35. The quantitative estimate of drug-likeness (QED) is 0.866. The number of nitrogens with one attached hydrogen (secondary N) is 2. The van der Waals surface area contributed by atoms with Gasteiger partial charge in [0.05, 0.1) is 6.54 Å². The molecule has 19 heavy (non-hydrogen) atoms. The SMILES string of the molecule is CC(C)(C)NCc1nnc(NCC2CCCCS2)o1. The second kappa shape index (κ2) is 6.61. The van der Waals surface area contributed by atoms with E-state index in [1.807, 2.05) is 11.8 Å². The van der Waals surface area contributed by atoms with Gasteiger partial charge in [-0.3, -0.25) is 0 Å². The summed E-state index contributed by atoms with van der Waals surface area (Å²) in [7, 11) is 0. The van der Waals surface area contributed by atoms with E-state index in [9.17, 15) is 0 Å². The van der Waals surface area contributed by atoms with Crippen LogP contribution in [0.2, 0.25) is 0 Å². The van der Waals surface area contributed by atoms with Crippen molar-refractivity contribution >= 4 is 17.8 Å². The summed E-state index contributed by atoms with van der Waals surface area (Å²) in [4.78, 5) is 0. The van der Waals surface area contributed by atoms with E-state index in [1.165, 1.54) is 25.0 Å². The molecule has 0 saturated carbocycles. The fourth-order valence-corrected chi connectivity index (χ4v) is 3.15. The monoisotopic (exact) mass is 284 g/mol. The molecule has 1 atom stereocenters. The predicted molar refractivity (Wildman–Crippen MR) is 79.5 cm³/mol. The number of aromatic nitrogens is 2. The van der Waals surface area contributed by atoms with Crippen molar-refractivity contribution in [2.45, 2.75) is 57.4 Å². The van der Waals surface area contributed by atoms with E-state index in [1.54, 1.807) is 0 Å². The summed E-state index contributed by atoms with van der Waals surface area (Å²) in [5, 5.41) is 15.3. The van der Waals surface area contributed by atoms with Crippen LogP contribution in [0.5, 0.6) is 0 Å². The molecule has 1 unspecified atom stereocenters. The van der Waals surface area contributed by atoms with Gasteiger partial charge in [0, 0.05) is 17.3 Å². The highest BCUT2D eigenvalue weighted by atomic mass is 32.2. The minimum absolute atomic E-state index is 0.0563. The first-order valence-electron chi connectivity index (χ1n) is 6.96. The summed E-state index contributed by atoms with van der Waals surface area (Å²) in [6, 6.07) is 0.539. The average molecular weight is 284 g/mol. The lowest BCUT2D eigenvalue weighted by molar-refractivity contribution is 0.383. The van der Waals surface area contributed by atoms with Gasteiger partial charge in [-0.05, 0) is 39.4 Å².